The van der Waals surface area contributed by atoms with E-state index < -0.39 is 0 Å². The third-order valence-electron chi connectivity index (χ3n) is 2.17. The predicted octanol–water partition coefficient (Wildman–Crippen LogP) is 1.81. The Bertz CT molecular complexity index is 479. The Balaban J connectivity index is 2.52. The van der Waals surface area contributed by atoms with Crippen LogP contribution in [0.15, 0.2) is 30.6 Å². The number of aryl methyl sites for hydroxylation is 1. The van der Waals surface area contributed by atoms with Gasteiger partial charge in [0.05, 0.1) is 18.5 Å². The van der Waals surface area contributed by atoms with Crippen LogP contribution in [0.3, 0.4) is 0 Å². The van der Waals surface area contributed by atoms with E-state index in [4.69, 9.17) is 5.11 Å². The first kappa shape index (κ1) is 9.86. The molecule has 2 aromatic rings. The first-order valence-corrected chi connectivity index (χ1v) is 4.61. The van der Waals surface area contributed by atoms with Crippen molar-refractivity contribution < 1.29 is 9.50 Å². The average Bonchev–Trinajstić information content (AvgIpc) is 2.64. The van der Waals surface area contributed by atoms with Crippen molar-refractivity contribution in [3.63, 3.8) is 0 Å². The van der Waals surface area contributed by atoms with Gasteiger partial charge >= 0.3 is 0 Å². The van der Waals surface area contributed by atoms with Gasteiger partial charge < -0.3 is 5.11 Å². The van der Waals surface area contributed by atoms with Crippen LogP contribution in [-0.2, 0) is 6.61 Å². The van der Waals surface area contributed by atoms with Crippen molar-refractivity contribution in [3.8, 4) is 5.69 Å². The van der Waals surface area contributed by atoms with Gasteiger partial charge in [0.25, 0.3) is 0 Å². The van der Waals surface area contributed by atoms with Gasteiger partial charge in [-0.2, -0.15) is 5.10 Å². The molecule has 1 aromatic carbocycles. The molecule has 0 unspecified atom stereocenters. The van der Waals surface area contributed by atoms with E-state index in [0.717, 1.165) is 5.56 Å². The van der Waals surface area contributed by atoms with Crippen molar-refractivity contribution in [2.45, 2.75) is 13.5 Å². The number of aliphatic hydroxyl groups excluding tert-OH is 1. The molecule has 2 rings (SSSR count). The Morgan fingerprint density at radius 1 is 1.47 bits per heavy atom. The third kappa shape index (κ3) is 1.89. The molecule has 0 amide bonds. The number of benzene rings is 1. The highest BCUT2D eigenvalue weighted by molar-refractivity contribution is 5.40. The molecule has 0 aliphatic heterocycles. The Morgan fingerprint density at radius 2 is 2.27 bits per heavy atom. The number of hydrogen-bond donors (Lipinski definition) is 1. The van der Waals surface area contributed by atoms with Crippen molar-refractivity contribution in [2.75, 3.05) is 0 Å². The summed E-state index contributed by atoms with van der Waals surface area (Å²) in [7, 11) is 0. The SMILES string of the molecule is Cc1cnn(-c2ccc(F)cc2CO)c1. The smallest absolute Gasteiger partial charge is 0.123 e. The van der Waals surface area contributed by atoms with Gasteiger partial charge in [0.15, 0.2) is 0 Å². The van der Waals surface area contributed by atoms with E-state index in [-0.39, 0.29) is 12.4 Å². The molecular weight excluding hydrogens is 195 g/mol. The summed E-state index contributed by atoms with van der Waals surface area (Å²) in [5.41, 5.74) is 2.24. The summed E-state index contributed by atoms with van der Waals surface area (Å²) in [6.45, 7) is 1.72. The van der Waals surface area contributed by atoms with Gasteiger partial charge in [-0.25, -0.2) is 9.07 Å². The van der Waals surface area contributed by atoms with Crippen LogP contribution in [0.4, 0.5) is 4.39 Å². The van der Waals surface area contributed by atoms with E-state index in [1.807, 2.05) is 13.1 Å². The fourth-order valence-corrected chi connectivity index (χ4v) is 1.45. The number of rotatable bonds is 2. The summed E-state index contributed by atoms with van der Waals surface area (Å²) in [5.74, 6) is -0.355. The van der Waals surface area contributed by atoms with E-state index in [2.05, 4.69) is 5.10 Å². The average molecular weight is 206 g/mol. The molecule has 0 radical (unpaired) electrons. The zero-order valence-electron chi connectivity index (χ0n) is 8.31. The first-order valence-electron chi connectivity index (χ1n) is 4.61. The maximum absolute atomic E-state index is 12.9. The quantitative estimate of drug-likeness (QED) is 0.813. The number of halogens is 1. The Hall–Kier alpha value is -1.68. The van der Waals surface area contributed by atoms with Crippen LogP contribution < -0.4 is 0 Å². The van der Waals surface area contributed by atoms with Gasteiger partial charge in [-0.3, -0.25) is 0 Å². The molecule has 0 aliphatic carbocycles. The molecule has 1 heterocycles. The lowest BCUT2D eigenvalue weighted by Gasteiger charge is -2.06. The Labute approximate surface area is 86.8 Å². The highest BCUT2D eigenvalue weighted by Crippen LogP contribution is 2.16. The zero-order valence-corrected chi connectivity index (χ0v) is 8.31. The molecule has 4 heteroatoms. The molecule has 0 atom stereocenters. The van der Waals surface area contributed by atoms with Gasteiger partial charge in [-0.05, 0) is 30.7 Å². The largest absolute Gasteiger partial charge is 0.392 e. The Kier molecular flexibility index (Phi) is 2.51. The van der Waals surface area contributed by atoms with E-state index in [0.29, 0.717) is 11.3 Å². The fraction of sp³-hybridized carbons (Fsp3) is 0.182. The summed E-state index contributed by atoms with van der Waals surface area (Å²) in [5, 5.41) is 13.2. The van der Waals surface area contributed by atoms with Gasteiger partial charge in [0, 0.05) is 11.8 Å². The summed E-state index contributed by atoms with van der Waals surface area (Å²) >= 11 is 0. The minimum absolute atomic E-state index is 0.202. The number of aromatic nitrogens is 2. The molecular formula is C11H11FN2O. The highest BCUT2D eigenvalue weighted by atomic mass is 19.1. The van der Waals surface area contributed by atoms with Gasteiger partial charge in [-0.1, -0.05) is 0 Å². The lowest BCUT2D eigenvalue weighted by atomic mass is 10.2. The van der Waals surface area contributed by atoms with Crippen molar-refractivity contribution in [1.82, 2.24) is 9.78 Å². The lowest BCUT2D eigenvalue weighted by molar-refractivity contribution is 0.280. The maximum Gasteiger partial charge on any atom is 0.123 e. The van der Waals surface area contributed by atoms with Crippen LogP contribution in [0.2, 0.25) is 0 Å². The van der Waals surface area contributed by atoms with E-state index >= 15 is 0 Å². The standard InChI is InChI=1S/C11H11FN2O/c1-8-5-13-14(6-8)11-3-2-10(12)4-9(11)7-15/h2-6,15H,7H2,1H3. The number of nitrogens with zero attached hydrogens (tertiary/aromatic N) is 2. The van der Waals surface area contributed by atoms with Gasteiger partial charge in [0.1, 0.15) is 5.82 Å². The van der Waals surface area contributed by atoms with Gasteiger partial charge in [-0.15, -0.1) is 0 Å². The van der Waals surface area contributed by atoms with Crippen LogP contribution >= 0.6 is 0 Å². The second kappa shape index (κ2) is 3.82. The molecule has 0 spiro atoms. The number of hydrogen-bond acceptors (Lipinski definition) is 2. The summed E-state index contributed by atoms with van der Waals surface area (Å²) in [6.07, 6.45) is 3.54. The lowest BCUT2D eigenvalue weighted by Crippen LogP contribution is -2.00. The molecule has 0 bridgehead atoms. The van der Waals surface area contributed by atoms with Crippen molar-refractivity contribution >= 4 is 0 Å². The predicted molar refractivity (Wildman–Crippen MR) is 54.2 cm³/mol. The summed E-state index contributed by atoms with van der Waals surface area (Å²) in [6, 6.07) is 4.27. The zero-order chi connectivity index (χ0) is 10.8. The normalized spacial score (nSPS) is 10.6. The topological polar surface area (TPSA) is 38.0 Å². The molecule has 0 aliphatic rings. The molecule has 0 fully saturated rings. The molecule has 3 nitrogen and oxygen atoms in total. The van der Waals surface area contributed by atoms with Crippen LogP contribution in [0.25, 0.3) is 5.69 Å². The van der Waals surface area contributed by atoms with Crippen LogP contribution in [0.5, 0.6) is 0 Å². The van der Waals surface area contributed by atoms with Gasteiger partial charge in [0.2, 0.25) is 0 Å². The maximum atomic E-state index is 12.9. The molecule has 15 heavy (non-hydrogen) atoms. The third-order valence-corrected chi connectivity index (χ3v) is 2.17. The molecule has 0 saturated carbocycles. The Morgan fingerprint density at radius 3 is 2.87 bits per heavy atom. The fourth-order valence-electron chi connectivity index (χ4n) is 1.45. The van der Waals surface area contributed by atoms with Crippen molar-refractivity contribution in [3.05, 3.63) is 47.5 Å². The van der Waals surface area contributed by atoms with Crippen molar-refractivity contribution in [1.29, 1.82) is 0 Å². The molecule has 78 valence electrons. The summed E-state index contributed by atoms with van der Waals surface area (Å²) in [4.78, 5) is 0. The van der Waals surface area contributed by atoms with Crippen LogP contribution in [0.1, 0.15) is 11.1 Å². The monoisotopic (exact) mass is 206 g/mol. The summed E-state index contributed by atoms with van der Waals surface area (Å²) < 4.78 is 14.5. The molecule has 1 aromatic heterocycles. The van der Waals surface area contributed by atoms with Crippen molar-refractivity contribution in [2.24, 2.45) is 0 Å². The van der Waals surface area contributed by atoms with E-state index in [1.165, 1.54) is 12.1 Å². The van der Waals surface area contributed by atoms with E-state index in [9.17, 15) is 4.39 Å². The molecule has 0 saturated heterocycles. The van der Waals surface area contributed by atoms with E-state index in [1.54, 1.807) is 16.9 Å². The highest BCUT2D eigenvalue weighted by Gasteiger charge is 2.06. The number of aliphatic hydroxyl groups is 1. The van der Waals surface area contributed by atoms with Crippen LogP contribution in [0, 0.1) is 12.7 Å². The molecule has 1 N–H and O–H groups in total. The first-order chi connectivity index (χ1) is 7.20. The second-order valence-electron chi connectivity index (χ2n) is 3.39. The second-order valence-corrected chi connectivity index (χ2v) is 3.39. The minimum Gasteiger partial charge on any atom is -0.392 e. The minimum atomic E-state index is -0.355. The van der Waals surface area contributed by atoms with Crippen LogP contribution in [-0.4, -0.2) is 14.9 Å².